The molecule has 90 valence electrons. The van der Waals surface area contributed by atoms with E-state index < -0.39 is 0 Å². The number of anilines is 1. The van der Waals surface area contributed by atoms with Gasteiger partial charge in [-0.15, -0.1) is 5.10 Å². The molecule has 5 nitrogen and oxygen atoms in total. The summed E-state index contributed by atoms with van der Waals surface area (Å²) in [5, 5.41) is 11.3. The van der Waals surface area contributed by atoms with Gasteiger partial charge in [-0.05, 0) is 32.7 Å². The van der Waals surface area contributed by atoms with Crippen molar-refractivity contribution >= 4 is 6.01 Å². The third kappa shape index (κ3) is 2.52. The van der Waals surface area contributed by atoms with Crippen LogP contribution >= 0.6 is 0 Å². The smallest absolute Gasteiger partial charge is 0.318 e. The quantitative estimate of drug-likeness (QED) is 0.841. The summed E-state index contributed by atoms with van der Waals surface area (Å²) in [6, 6.07) is 1.20. The van der Waals surface area contributed by atoms with Gasteiger partial charge in [0.2, 0.25) is 5.89 Å². The van der Waals surface area contributed by atoms with Gasteiger partial charge in [0.05, 0.1) is 6.54 Å². The van der Waals surface area contributed by atoms with Crippen LogP contribution in [0.4, 0.5) is 6.01 Å². The molecule has 1 atom stereocenters. The highest BCUT2D eigenvalue weighted by molar-refractivity contribution is 5.26. The number of nitrogens with zero attached hydrogens (tertiary/aromatic N) is 3. The summed E-state index contributed by atoms with van der Waals surface area (Å²) in [6.45, 7) is 6.88. The average Bonchev–Trinajstić information content (AvgIpc) is 2.75. The minimum atomic E-state index is 0.515. The van der Waals surface area contributed by atoms with E-state index in [1.54, 1.807) is 0 Å². The van der Waals surface area contributed by atoms with Crippen molar-refractivity contribution in [1.29, 1.82) is 0 Å². The molecular weight excluding hydrogens is 204 g/mol. The van der Waals surface area contributed by atoms with Crippen LogP contribution in [0.2, 0.25) is 0 Å². The molecule has 1 saturated heterocycles. The van der Waals surface area contributed by atoms with E-state index in [-0.39, 0.29) is 0 Å². The molecule has 1 aromatic heterocycles. The normalized spacial score (nSPS) is 21.4. The van der Waals surface area contributed by atoms with Crippen molar-refractivity contribution in [1.82, 2.24) is 15.5 Å². The van der Waals surface area contributed by atoms with Crippen LogP contribution in [0.1, 0.15) is 39.0 Å². The molecule has 0 amide bonds. The Bertz CT molecular complexity index is 326. The molecule has 1 aliphatic rings. The second kappa shape index (κ2) is 5.30. The molecule has 0 aliphatic carbocycles. The first-order chi connectivity index (χ1) is 7.81. The third-order valence-electron chi connectivity index (χ3n) is 3.03. The molecule has 1 aliphatic heterocycles. The van der Waals surface area contributed by atoms with Crippen LogP contribution < -0.4 is 10.2 Å². The van der Waals surface area contributed by atoms with Gasteiger partial charge >= 0.3 is 6.01 Å². The molecule has 1 unspecified atom stereocenters. The predicted molar refractivity (Wildman–Crippen MR) is 62.3 cm³/mol. The Morgan fingerprint density at radius 2 is 2.31 bits per heavy atom. The molecular formula is C11H20N4O. The summed E-state index contributed by atoms with van der Waals surface area (Å²) in [5.41, 5.74) is 0. The summed E-state index contributed by atoms with van der Waals surface area (Å²) in [7, 11) is 0. The van der Waals surface area contributed by atoms with Crippen molar-refractivity contribution < 1.29 is 4.42 Å². The van der Waals surface area contributed by atoms with E-state index in [0.29, 0.717) is 24.5 Å². The average molecular weight is 224 g/mol. The van der Waals surface area contributed by atoms with Crippen molar-refractivity contribution in [2.24, 2.45) is 0 Å². The van der Waals surface area contributed by atoms with Crippen LogP contribution in [-0.2, 0) is 6.54 Å². The summed E-state index contributed by atoms with van der Waals surface area (Å²) in [5.74, 6) is 0.676. The first kappa shape index (κ1) is 11.4. The van der Waals surface area contributed by atoms with E-state index in [9.17, 15) is 0 Å². The van der Waals surface area contributed by atoms with Gasteiger partial charge in [0.25, 0.3) is 0 Å². The summed E-state index contributed by atoms with van der Waals surface area (Å²) < 4.78 is 5.64. The van der Waals surface area contributed by atoms with Crippen molar-refractivity contribution in [3.63, 3.8) is 0 Å². The topological polar surface area (TPSA) is 54.2 Å². The minimum Gasteiger partial charge on any atom is -0.407 e. The standard InChI is InChI=1S/C11H20N4O/c1-3-12-8-10-13-14-11(16-10)15-7-5-4-6-9(15)2/h9,12H,3-8H2,1-2H3. The van der Waals surface area contributed by atoms with E-state index in [1.165, 1.54) is 19.3 Å². The third-order valence-corrected chi connectivity index (χ3v) is 3.03. The maximum atomic E-state index is 5.64. The molecule has 16 heavy (non-hydrogen) atoms. The van der Waals surface area contributed by atoms with E-state index >= 15 is 0 Å². The second-order valence-electron chi connectivity index (χ2n) is 4.30. The van der Waals surface area contributed by atoms with Gasteiger partial charge in [-0.25, -0.2) is 0 Å². The van der Waals surface area contributed by atoms with Crippen molar-refractivity contribution in [3.05, 3.63) is 5.89 Å². The Kier molecular flexibility index (Phi) is 3.77. The fourth-order valence-electron chi connectivity index (χ4n) is 2.05. The van der Waals surface area contributed by atoms with Gasteiger partial charge < -0.3 is 14.6 Å². The lowest BCUT2D eigenvalue weighted by atomic mass is 10.0. The van der Waals surface area contributed by atoms with Crippen LogP contribution in [0.5, 0.6) is 0 Å². The minimum absolute atomic E-state index is 0.515. The molecule has 1 N–H and O–H groups in total. The first-order valence-electron chi connectivity index (χ1n) is 6.11. The Hall–Kier alpha value is -1.10. The van der Waals surface area contributed by atoms with Gasteiger partial charge in [-0.2, -0.15) is 0 Å². The van der Waals surface area contributed by atoms with Crippen molar-refractivity contribution in [3.8, 4) is 0 Å². The Balaban J connectivity index is 1.99. The van der Waals surface area contributed by atoms with Gasteiger partial charge in [0.15, 0.2) is 0 Å². The molecule has 0 bridgehead atoms. The summed E-state index contributed by atoms with van der Waals surface area (Å²) >= 11 is 0. The number of hydrogen-bond acceptors (Lipinski definition) is 5. The number of piperidine rings is 1. The van der Waals surface area contributed by atoms with Crippen LogP contribution in [0.15, 0.2) is 4.42 Å². The number of hydrogen-bond donors (Lipinski definition) is 1. The van der Waals surface area contributed by atoms with E-state index in [4.69, 9.17) is 4.42 Å². The highest BCUT2D eigenvalue weighted by Gasteiger charge is 2.22. The second-order valence-corrected chi connectivity index (χ2v) is 4.30. The lowest BCUT2D eigenvalue weighted by molar-refractivity contribution is 0.414. The van der Waals surface area contributed by atoms with Crippen LogP contribution in [0.25, 0.3) is 0 Å². The maximum Gasteiger partial charge on any atom is 0.318 e. The molecule has 2 rings (SSSR count). The molecule has 5 heteroatoms. The Morgan fingerprint density at radius 3 is 3.06 bits per heavy atom. The number of rotatable bonds is 4. The molecule has 0 spiro atoms. The monoisotopic (exact) mass is 224 g/mol. The lowest BCUT2D eigenvalue weighted by Crippen LogP contribution is -2.37. The Morgan fingerprint density at radius 1 is 1.44 bits per heavy atom. The highest BCUT2D eigenvalue weighted by atomic mass is 16.4. The van der Waals surface area contributed by atoms with Crippen molar-refractivity contribution in [2.75, 3.05) is 18.0 Å². The van der Waals surface area contributed by atoms with Gasteiger partial charge in [-0.1, -0.05) is 12.0 Å². The predicted octanol–water partition coefficient (Wildman–Crippen LogP) is 1.56. The molecule has 0 radical (unpaired) electrons. The summed E-state index contributed by atoms with van der Waals surface area (Å²) in [6.07, 6.45) is 3.73. The number of aromatic nitrogens is 2. The van der Waals surface area contributed by atoms with E-state index in [0.717, 1.165) is 13.1 Å². The fraction of sp³-hybridized carbons (Fsp3) is 0.818. The zero-order valence-corrected chi connectivity index (χ0v) is 10.1. The fourth-order valence-corrected chi connectivity index (χ4v) is 2.05. The van der Waals surface area contributed by atoms with Gasteiger partial charge in [-0.3, -0.25) is 0 Å². The first-order valence-corrected chi connectivity index (χ1v) is 6.11. The molecule has 2 heterocycles. The van der Waals surface area contributed by atoms with E-state index in [2.05, 4.69) is 34.3 Å². The molecule has 0 saturated carbocycles. The molecule has 1 fully saturated rings. The van der Waals surface area contributed by atoms with Crippen LogP contribution in [-0.4, -0.2) is 29.3 Å². The van der Waals surface area contributed by atoms with Crippen LogP contribution in [0, 0.1) is 0 Å². The van der Waals surface area contributed by atoms with E-state index in [1.807, 2.05) is 0 Å². The zero-order valence-electron chi connectivity index (χ0n) is 10.1. The summed E-state index contributed by atoms with van der Waals surface area (Å²) in [4.78, 5) is 2.21. The SMILES string of the molecule is CCNCc1nnc(N2CCCCC2C)o1. The zero-order chi connectivity index (χ0) is 11.4. The largest absolute Gasteiger partial charge is 0.407 e. The highest BCUT2D eigenvalue weighted by Crippen LogP contribution is 2.23. The van der Waals surface area contributed by atoms with Gasteiger partial charge in [0, 0.05) is 12.6 Å². The molecule has 1 aromatic rings. The van der Waals surface area contributed by atoms with Crippen molar-refractivity contribution in [2.45, 2.75) is 45.7 Å². The molecule has 0 aromatic carbocycles. The van der Waals surface area contributed by atoms with Crippen LogP contribution in [0.3, 0.4) is 0 Å². The number of nitrogens with one attached hydrogen (secondary N) is 1. The Labute approximate surface area is 96.2 Å². The lowest BCUT2D eigenvalue weighted by Gasteiger charge is -2.31. The van der Waals surface area contributed by atoms with Gasteiger partial charge in [0.1, 0.15) is 0 Å². The maximum absolute atomic E-state index is 5.64.